The Labute approximate surface area is 218 Å². The van der Waals surface area contributed by atoms with E-state index in [9.17, 15) is 9.59 Å². The van der Waals surface area contributed by atoms with Crippen LogP contribution in [0.25, 0.3) is 11.0 Å². The number of methoxy groups -OCH3 is 1. The van der Waals surface area contributed by atoms with Crippen LogP contribution >= 0.6 is 11.8 Å². The second kappa shape index (κ2) is 10.1. The van der Waals surface area contributed by atoms with Gasteiger partial charge in [-0.1, -0.05) is 0 Å². The number of benzene rings is 1. The van der Waals surface area contributed by atoms with Crippen LogP contribution in [0.1, 0.15) is 24.3 Å². The molecule has 1 aromatic carbocycles. The van der Waals surface area contributed by atoms with E-state index >= 15 is 0 Å². The first-order chi connectivity index (χ1) is 18.1. The maximum atomic E-state index is 12.5. The Kier molecular flexibility index (Phi) is 6.47. The second-order valence-electron chi connectivity index (χ2n) is 9.23. The van der Waals surface area contributed by atoms with Crippen LogP contribution in [-0.2, 0) is 9.53 Å². The van der Waals surface area contributed by atoms with Crippen LogP contribution in [0.4, 0.5) is 16.2 Å². The summed E-state index contributed by atoms with van der Waals surface area (Å²) in [5, 5.41) is 6.35. The number of rotatable bonds is 8. The zero-order chi connectivity index (χ0) is 25.4. The number of hydrogen-bond acceptors (Lipinski definition) is 9. The third kappa shape index (κ3) is 4.76. The Morgan fingerprint density at radius 1 is 1.22 bits per heavy atom. The van der Waals surface area contributed by atoms with E-state index in [-0.39, 0.29) is 24.0 Å². The van der Waals surface area contributed by atoms with Gasteiger partial charge in [0.1, 0.15) is 17.4 Å². The number of carbonyl (C=O) groups is 2. The molecule has 5 heterocycles. The molecule has 192 valence electrons. The highest BCUT2D eigenvalue weighted by atomic mass is 32.2. The quantitative estimate of drug-likeness (QED) is 0.430. The van der Waals surface area contributed by atoms with Crippen molar-refractivity contribution in [2.75, 3.05) is 49.3 Å². The summed E-state index contributed by atoms with van der Waals surface area (Å²) in [7, 11) is 1.61. The van der Waals surface area contributed by atoms with Gasteiger partial charge in [-0.15, -0.1) is 11.8 Å². The summed E-state index contributed by atoms with van der Waals surface area (Å²) >= 11 is 1.50. The molecule has 2 aromatic heterocycles. The molecular formula is C26H27N5O5S. The van der Waals surface area contributed by atoms with Crippen LogP contribution in [-0.4, -0.2) is 67.2 Å². The molecule has 10 nitrogen and oxygen atoms in total. The van der Waals surface area contributed by atoms with Crippen molar-refractivity contribution < 1.29 is 23.8 Å². The number of nitrogens with one attached hydrogen (secondary N) is 2. The van der Waals surface area contributed by atoms with Gasteiger partial charge in [-0.25, -0.2) is 9.78 Å². The molecule has 3 aromatic rings. The van der Waals surface area contributed by atoms with Gasteiger partial charge >= 0.3 is 6.09 Å². The van der Waals surface area contributed by atoms with Gasteiger partial charge in [-0.2, -0.15) is 0 Å². The smallest absolute Gasteiger partial charge is 0.414 e. The molecule has 0 saturated carbocycles. The van der Waals surface area contributed by atoms with E-state index in [2.05, 4.69) is 20.6 Å². The van der Waals surface area contributed by atoms with Gasteiger partial charge < -0.3 is 24.8 Å². The van der Waals surface area contributed by atoms with Crippen LogP contribution in [0.5, 0.6) is 11.6 Å². The van der Waals surface area contributed by atoms with Crippen molar-refractivity contribution in [1.82, 2.24) is 15.3 Å². The van der Waals surface area contributed by atoms with Crippen molar-refractivity contribution in [2.45, 2.75) is 29.8 Å². The maximum Gasteiger partial charge on any atom is 0.414 e. The molecule has 2 N–H and O–H groups in total. The topological polar surface area (TPSA) is 115 Å². The average Bonchev–Trinajstić information content (AvgIpc) is 3.50. The minimum Gasteiger partial charge on any atom is -0.491 e. The Bertz CT molecular complexity index is 1370. The molecule has 1 saturated heterocycles. The number of pyridine rings is 2. The van der Waals surface area contributed by atoms with E-state index in [0.717, 1.165) is 58.1 Å². The molecule has 6 rings (SSSR count). The molecule has 0 radical (unpaired) electrons. The number of hydrogen-bond donors (Lipinski definition) is 2. The van der Waals surface area contributed by atoms with Crippen molar-refractivity contribution in [1.29, 1.82) is 0 Å². The normalized spacial score (nSPS) is 20.3. The zero-order valence-corrected chi connectivity index (χ0v) is 21.2. The lowest BCUT2D eigenvalue weighted by molar-refractivity contribution is -0.113. The second-order valence-corrected chi connectivity index (χ2v) is 10.2. The number of anilines is 2. The Morgan fingerprint density at radius 3 is 3.00 bits per heavy atom. The van der Waals surface area contributed by atoms with Crippen molar-refractivity contribution in [2.24, 2.45) is 0 Å². The SMILES string of the molecule is COc1ccc2ncc3c(c2n1)[C@H](CCNCC[C@@H]1CN(c2ccc4c(c2)NC(=O)CS4)C(=O)O1)CO3. The number of fused-ring (bicyclic) bond motifs is 4. The summed E-state index contributed by atoms with van der Waals surface area (Å²) in [5.74, 6) is 1.95. The van der Waals surface area contributed by atoms with Crippen molar-refractivity contribution in [3.63, 3.8) is 0 Å². The lowest BCUT2D eigenvalue weighted by Gasteiger charge is -2.20. The van der Waals surface area contributed by atoms with Gasteiger partial charge in [0.25, 0.3) is 0 Å². The number of cyclic esters (lactones) is 1. The summed E-state index contributed by atoms with van der Waals surface area (Å²) in [4.78, 5) is 35.9. The van der Waals surface area contributed by atoms with E-state index < -0.39 is 0 Å². The summed E-state index contributed by atoms with van der Waals surface area (Å²) in [6.45, 7) is 2.61. The van der Waals surface area contributed by atoms with Gasteiger partial charge in [0.2, 0.25) is 11.8 Å². The third-order valence-electron chi connectivity index (χ3n) is 6.84. The Hall–Kier alpha value is -3.57. The van der Waals surface area contributed by atoms with E-state index in [1.807, 2.05) is 30.3 Å². The van der Waals surface area contributed by atoms with Crippen LogP contribution in [0.15, 0.2) is 41.4 Å². The molecule has 0 aliphatic carbocycles. The first-order valence-electron chi connectivity index (χ1n) is 12.3. The summed E-state index contributed by atoms with van der Waals surface area (Å²) in [6, 6.07) is 9.41. The van der Waals surface area contributed by atoms with Gasteiger partial charge in [0.15, 0.2) is 0 Å². The highest BCUT2D eigenvalue weighted by molar-refractivity contribution is 8.00. The predicted octanol–water partition coefficient (Wildman–Crippen LogP) is 3.55. The molecule has 2 atom stereocenters. The summed E-state index contributed by atoms with van der Waals surface area (Å²) in [6.07, 6.45) is 2.82. The molecule has 3 aliphatic heterocycles. The lowest BCUT2D eigenvalue weighted by Crippen LogP contribution is -2.27. The van der Waals surface area contributed by atoms with Crippen molar-refractivity contribution in [3.8, 4) is 11.6 Å². The van der Waals surface area contributed by atoms with E-state index in [0.29, 0.717) is 31.2 Å². The number of ether oxygens (including phenoxy) is 3. The molecule has 1 fully saturated rings. The Morgan fingerprint density at radius 2 is 2.11 bits per heavy atom. The van der Waals surface area contributed by atoms with Crippen molar-refractivity contribution >= 4 is 46.2 Å². The number of thioether (sulfide) groups is 1. The predicted molar refractivity (Wildman–Crippen MR) is 140 cm³/mol. The van der Waals surface area contributed by atoms with E-state index in [1.54, 1.807) is 18.2 Å². The number of aromatic nitrogens is 2. The highest BCUT2D eigenvalue weighted by Crippen LogP contribution is 2.40. The first-order valence-corrected chi connectivity index (χ1v) is 13.3. The molecular weight excluding hydrogens is 494 g/mol. The fourth-order valence-electron chi connectivity index (χ4n) is 4.96. The van der Waals surface area contributed by atoms with Crippen LogP contribution in [0, 0.1) is 0 Å². The molecule has 0 spiro atoms. The monoisotopic (exact) mass is 521 g/mol. The number of nitrogens with zero attached hydrogens (tertiary/aromatic N) is 3. The van der Waals surface area contributed by atoms with Crippen molar-refractivity contribution in [3.05, 3.63) is 42.1 Å². The molecule has 0 bridgehead atoms. The molecule has 2 amide bonds. The average molecular weight is 522 g/mol. The van der Waals surface area contributed by atoms with Gasteiger partial charge in [-0.3, -0.25) is 14.7 Å². The summed E-state index contributed by atoms with van der Waals surface area (Å²) < 4.78 is 16.8. The third-order valence-corrected chi connectivity index (χ3v) is 7.92. The first kappa shape index (κ1) is 23.8. The maximum absolute atomic E-state index is 12.5. The molecule has 3 aliphatic rings. The van der Waals surface area contributed by atoms with Crippen LogP contribution < -0.4 is 25.0 Å². The van der Waals surface area contributed by atoms with Gasteiger partial charge in [0.05, 0.1) is 43.4 Å². The minimum atomic E-state index is -0.358. The number of carbonyl (C=O) groups excluding carboxylic acids is 2. The molecule has 0 unspecified atom stereocenters. The van der Waals surface area contributed by atoms with E-state index in [1.165, 1.54) is 11.8 Å². The largest absolute Gasteiger partial charge is 0.491 e. The highest BCUT2D eigenvalue weighted by Gasteiger charge is 2.33. The molecule has 11 heteroatoms. The molecule has 37 heavy (non-hydrogen) atoms. The lowest BCUT2D eigenvalue weighted by atomic mass is 9.97. The standard InChI is InChI=1S/C26H27N5O5S/c1-34-23-5-3-18-25(30-23)24-15(13-35-20(24)11-28-18)6-8-27-9-7-17-12-31(26(33)36-17)16-2-4-21-19(10-16)29-22(32)14-37-21/h2-5,10-11,15,17,27H,6-9,12-14H2,1H3,(H,29,32)/t15-,17-/m1/s1. The summed E-state index contributed by atoms with van der Waals surface area (Å²) in [5.41, 5.74) is 4.22. The fourth-order valence-corrected chi connectivity index (χ4v) is 5.75. The van der Waals surface area contributed by atoms with E-state index in [4.69, 9.17) is 14.2 Å². The Balaban J connectivity index is 1.01. The van der Waals surface area contributed by atoms with Gasteiger partial charge in [0, 0.05) is 28.1 Å². The zero-order valence-electron chi connectivity index (χ0n) is 20.4. The fraction of sp³-hybridized carbons (Fsp3) is 0.385. The van der Waals surface area contributed by atoms with Crippen LogP contribution in [0.2, 0.25) is 0 Å². The number of amides is 2. The van der Waals surface area contributed by atoms with Gasteiger partial charge in [-0.05, 0) is 50.2 Å². The minimum absolute atomic E-state index is 0.0314. The van der Waals surface area contributed by atoms with Crippen LogP contribution in [0.3, 0.4) is 0 Å².